The number of carbonyl (C=O) groups excluding carboxylic acids is 1. The van der Waals surface area contributed by atoms with Crippen LogP contribution in [0.2, 0.25) is 0 Å². The molecule has 8 heteroatoms. The zero-order chi connectivity index (χ0) is 18.9. The molecule has 1 atom stereocenters. The van der Waals surface area contributed by atoms with Crippen molar-refractivity contribution >= 4 is 11.7 Å². The number of hydrogen-bond acceptors (Lipinski definition) is 3. The van der Waals surface area contributed by atoms with E-state index in [1.165, 1.54) is 19.1 Å². The number of nitrogens with one attached hydrogen (secondary N) is 1. The Hall–Kier alpha value is -2.64. The molecular weight excluding hydrogens is 350 g/mol. The van der Waals surface area contributed by atoms with Crippen LogP contribution in [-0.4, -0.2) is 22.3 Å². The number of amides is 1. The van der Waals surface area contributed by atoms with Gasteiger partial charge in [0.2, 0.25) is 5.91 Å². The molecule has 3 rings (SSSR count). The number of carbonyl (C=O) groups is 1. The summed E-state index contributed by atoms with van der Waals surface area (Å²) >= 11 is 0. The maximum atomic E-state index is 13.6. The van der Waals surface area contributed by atoms with Gasteiger partial charge in [0, 0.05) is 26.2 Å². The van der Waals surface area contributed by atoms with E-state index in [1.807, 2.05) is 0 Å². The molecule has 4 nitrogen and oxygen atoms in total. The Kier molecular flexibility index (Phi) is 4.84. The smallest absolute Gasteiger partial charge is 0.363 e. The Morgan fingerprint density at radius 1 is 1.27 bits per heavy atom. The van der Waals surface area contributed by atoms with Gasteiger partial charge in [-0.2, -0.15) is 13.2 Å². The average molecular weight is 367 g/mol. The number of alkyl halides is 3. The van der Waals surface area contributed by atoms with E-state index in [0.29, 0.717) is 18.5 Å². The minimum atomic E-state index is -4.46. The van der Waals surface area contributed by atoms with Crippen molar-refractivity contribution < 1.29 is 22.4 Å². The molecule has 0 fully saturated rings. The number of rotatable bonds is 2. The first-order valence-electron chi connectivity index (χ1n) is 8.07. The van der Waals surface area contributed by atoms with Gasteiger partial charge in [-0.1, -0.05) is 6.07 Å². The van der Waals surface area contributed by atoms with Gasteiger partial charge < -0.3 is 10.2 Å². The lowest BCUT2D eigenvalue weighted by Crippen LogP contribution is -2.28. The lowest BCUT2D eigenvalue weighted by molar-refractivity contribution is -0.137. The third-order valence-electron chi connectivity index (χ3n) is 4.38. The second kappa shape index (κ2) is 6.93. The fraction of sp³-hybridized carbons (Fsp3) is 0.333. The first-order valence-corrected chi connectivity index (χ1v) is 8.07. The number of benzene rings is 1. The van der Waals surface area contributed by atoms with Crippen molar-refractivity contribution in [2.45, 2.75) is 32.1 Å². The molecule has 0 saturated carbocycles. The first kappa shape index (κ1) is 18.2. The van der Waals surface area contributed by atoms with Crippen molar-refractivity contribution in [3.05, 3.63) is 59.0 Å². The number of fused-ring (bicyclic) bond motifs is 1. The molecule has 1 aliphatic rings. The van der Waals surface area contributed by atoms with E-state index < -0.39 is 17.6 Å². The Morgan fingerprint density at radius 3 is 2.73 bits per heavy atom. The molecule has 138 valence electrons. The second-order valence-electron chi connectivity index (χ2n) is 6.20. The van der Waals surface area contributed by atoms with Crippen LogP contribution in [0.1, 0.15) is 36.1 Å². The molecule has 0 bridgehead atoms. The molecule has 2 heterocycles. The number of nitrogens with zero attached hydrogens (tertiary/aromatic N) is 2. The van der Waals surface area contributed by atoms with Gasteiger partial charge in [-0.3, -0.25) is 4.79 Å². The number of anilines is 1. The van der Waals surface area contributed by atoms with Crippen LogP contribution in [0.15, 0.2) is 36.5 Å². The summed E-state index contributed by atoms with van der Waals surface area (Å²) in [6.07, 6.45) is -2.90. The van der Waals surface area contributed by atoms with Crippen molar-refractivity contribution in [1.29, 1.82) is 0 Å². The second-order valence-corrected chi connectivity index (χ2v) is 6.20. The summed E-state index contributed by atoms with van der Waals surface area (Å²) in [5.74, 6) is -0.487. The van der Waals surface area contributed by atoms with Crippen LogP contribution in [0.5, 0.6) is 0 Å². The Bertz CT molecular complexity index is 822. The molecule has 1 unspecified atom stereocenters. The first-order chi connectivity index (χ1) is 12.2. The van der Waals surface area contributed by atoms with Crippen LogP contribution in [-0.2, 0) is 17.5 Å². The molecule has 1 N–H and O–H groups in total. The van der Waals surface area contributed by atoms with Crippen LogP contribution in [0.3, 0.4) is 0 Å². The summed E-state index contributed by atoms with van der Waals surface area (Å²) in [5, 5.41) is 3.00. The van der Waals surface area contributed by atoms with Crippen LogP contribution in [0, 0.1) is 5.82 Å². The van der Waals surface area contributed by atoms with Crippen LogP contribution in [0.25, 0.3) is 0 Å². The molecule has 26 heavy (non-hydrogen) atoms. The maximum Gasteiger partial charge on any atom is 0.416 e. The average Bonchev–Trinajstić information content (AvgIpc) is 2.74. The molecule has 1 aromatic carbocycles. The van der Waals surface area contributed by atoms with Gasteiger partial charge in [-0.25, -0.2) is 9.37 Å². The molecule has 0 spiro atoms. The van der Waals surface area contributed by atoms with Crippen LogP contribution >= 0.6 is 0 Å². The summed E-state index contributed by atoms with van der Waals surface area (Å²) < 4.78 is 52.3. The van der Waals surface area contributed by atoms with Crippen molar-refractivity contribution in [1.82, 2.24) is 9.88 Å². The molecule has 1 amide bonds. The Balaban J connectivity index is 1.92. The van der Waals surface area contributed by atoms with E-state index in [9.17, 15) is 22.4 Å². The highest BCUT2D eigenvalue weighted by molar-refractivity contribution is 5.73. The van der Waals surface area contributed by atoms with Crippen molar-refractivity contribution in [2.24, 2.45) is 0 Å². The van der Waals surface area contributed by atoms with Gasteiger partial charge in [-0.05, 0) is 41.8 Å². The van der Waals surface area contributed by atoms with Crippen LogP contribution < -0.4 is 5.32 Å². The van der Waals surface area contributed by atoms with Crippen molar-refractivity contribution in [3.63, 3.8) is 0 Å². The highest BCUT2D eigenvalue weighted by atomic mass is 19.4. The Labute approximate surface area is 147 Å². The third-order valence-corrected chi connectivity index (χ3v) is 4.38. The monoisotopic (exact) mass is 367 g/mol. The number of halogens is 4. The van der Waals surface area contributed by atoms with Crippen LogP contribution in [0.4, 0.5) is 23.4 Å². The Morgan fingerprint density at radius 2 is 2.04 bits per heavy atom. The fourth-order valence-electron chi connectivity index (χ4n) is 3.06. The maximum absolute atomic E-state index is 13.6. The summed E-state index contributed by atoms with van der Waals surface area (Å²) in [5.41, 5.74) is 0.574. The van der Waals surface area contributed by atoms with Gasteiger partial charge >= 0.3 is 6.18 Å². The molecule has 2 aromatic rings. The zero-order valence-electron chi connectivity index (χ0n) is 14.0. The van der Waals surface area contributed by atoms with Crippen molar-refractivity contribution in [3.8, 4) is 0 Å². The van der Waals surface area contributed by atoms with Crippen molar-refractivity contribution in [2.75, 3.05) is 11.9 Å². The summed E-state index contributed by atoms with van der Waals surface area (Å²) in [7, 11) is 0. The largest absolute Gasteiger partial charge is 0.416 e. The highest BCUT2D eigenvalue weighted by Crippen LogP contribution is 2.33. The lowest BCUT2D eigenvalue weighted by Gasteiger charge is -2.20. The van der Waals surface area contributed by atoms with Gasteiger partial charge in [-0.15, -0.1) is 0 Å². The number of aromatic nitrogens is 1. The van der Waals surface area contributed by atoms with Gasteiger partial charge in [0.1, 0.15) is 11.6 Å². The van der Waals surface area contributed by atoms with E-state index in [0.717, 1.165) is 23.9 Å². The fourth-order valence-corrected chi connectivity index (χ4v) is 3.06. The number of pyridine rings is 1. The molecule has 1 aliphatic heterocycles. The molecule has 1 aromatic heterocycles. The predicted molar refractivity (Wildman–Crippen MR) is 87.7 cm³/mol. The topological polar surface area (TPSA) is 45.2 Å². The molecule has 0 aliphatic carbocycles. The summed E-state index contributed by atoms with van der Waals surface area (Å²) in [6.45, 7) is 2.10. The van der Waals surface area contributed by atoms with E-state index in [4.69, 9.17) is 0 Å². The third kappa shape index (κ3) is 3.95. The predicted octanol–water partition coefficient (Wildman–Crippen LogP) is 4.14. The highest BCUT2D eigenvalue weighted by Gasteiger charge is 2.31. The minimum Gasteiger partial charge on any atom is -0.363 e. The molecular formula is C18H17F4N3O. The van der Waals surface area contributed by atoms with E-state index in [-0.39, 0.29) is 24.3 Å². The quantitative estimate of drug-likeness (QED) is 0.812. The summed E-state index contributed by atoms with van der Waals surface area (Å²) in [4.78, 5) is 17.3. The van der Waals surface area contributed by atoms with Gasteiger partial charge in [0.05, 0.1) is 11.6 Å². The van der Waals surface area contributed by atoms with Gasteiger partial charge in [0.15, 0.2) is 0 Å². The van der Waals surface area contributed by atoms with E-state index in [2.05, 4.69) is 10.3 Å². The standard InChI is InChI=1S/C18H17F4N3O/c1-11(26)25-7-5-16(15-3-2-14(19)8-12(15)10-25)24-17-9-13(4-6-23-17)18(20,21)22/h2-4,6,8-9,16H,5,7,10H2,1H3,(H,23,24). The SMILES string of the molecule is CC(=O)N1CCC(Nc2cc(C(F)(F)F)ccn2)c2ccc(F)cc2C1. The number of hydrogen-bond donors (Lipinski definition) is 1. The minimum absolute atomic E-state index is 0.0800. The molecule has 0 saturated heterocycles. The van der Waals surface area contributed by atoms with E-state index >= 15 is 0 Å². The van der Waals surface area contributed by atoms with E-state index in [1.54, 1.807) is 11.0 Å². The normalized spacial score (nSPS) is 17.4. The lowest BCUT2D eigenvalue weighted by atomic mass is 9.99. The zero-order valence-corrected chi connectivity index (χ0v) is 14.0. The molecule has 0 radical (unpaired) electrons. The summed E-state index contributed by atoms with van der Waals surface area (Å²) in [6, 6.07) is 5.71. The van der Waals surface area contributed by atoms with Gasteiger partial charge in [0.25, 0.3) is 0 Å².